The summed E-state index contributed by atoms with van der Waals surface area (Å²) >= 11 is 7.10. The minimum absolute atomic E-state index is 0.109. The number of nitrogens with zero attached hydrogens (tertiary/aromatic N) is 2. The largest absolute Gasteiger partial charge is 0.506 e. The maximum Gasteiger partial charge on any atom is 0.335 e. The zero-order chi connectivity index (χ0) is 20.4. The Kier molecular flexibility index (Phi) is 5.62. The molecule has 0 saturated carbocycles. The maximum atomic E-state index is 12.6. The summed E-state index contributed by atoms with van der Waals surface area (Å²) in [6.45, 7) is 0. The molecule has 9 heteroatoms. The molecule has 0 aliphatic carbocycles. The minimum Gasteiger partial charge on any atom is -0.506 e. The van der Waals surface area contributed by atoms with E-state index in [2.05, 4.69) is 4.99 Å². The second kappa shape index (κ2) is 7.95. The van der Waals surface area contributed by atoms with Crippen molar-refractivity contribution in [3.05, 3.63) is 57.5 Å². The van der Waals surface area contributed by atoms with Crippen LogP contribution in [0.3, 0.4) is 0 Å². The molecule has 3 rings (SSSR count). The molecule has 0 atom stereocenters. The quantitative estimate of drug-likeness (QED) is 0.728. The van der Waals surface area contributed by atoms with E-state index in [1.807, 2.05) is 0 Å². The summed E-state index contributed by atoms with van der Waals surface area (Å²) in [6, 6.07) is 9.01. The number of phenols is 1. The van der Waals surface area contributed by atoms with Crippen LogP contribution in [-0.2, 0) is 4.79 Å². The van der Waals surface area contributed by atoms with Crippen molar-refractivity contribution in [1.82, 2.24) is 4.90 Å². The number of amides is 1. The number of phenolic OH excluding ortho intramolecular Hbond substituents is 1. The molecule has 1 saturated heterocycles. The third-order valence-corrected chi connectivity index (χ3v) is 5.27. The van der Waals surface area contributed by atoms with Crippen molar-refractivity contribution in [2.75, 3.05) is 14.2 Å². The zero-order valence-corrected chi connectivity index (χ0v) is 16.4. The van der Waals surface area contributed by atoms with Gasteiger partial charge in [-0.1, -0.05) is 17.7 Å². The molecule has 0 aromatic heterocycles. The molecule has 2 aromatic rings. The van der Waals surface area contributed by atoms with Crippen molar-refractivity contribution in [1.29, 1.82) is 0 Å². The molecular formula is C19H15ClN2O5S. The normalized spacial score (nSPS) is 16.8. The number of carbonyl (C=O) groups is 2. The van der Waals surface area contributed by atoms with Gasteiger partial charge in [-0.3, -0.25) is 9.69 Å². The molecular weight excluding hydrogens is 404 g/mol. The number of hydrogen-bond acceptors (Lipinski definition) is 6. The van der Waals surface area contributed by atoms with Gasteiger partial charge in [-0.05, 0) is 42.1 Å². The van der Waals surface area contributed by atoms with E-state index >= 15 is 0 Å². The topological polar surface area (TPSA) is 99.4 Å². The van der Waals surface area contributed by atoms with Crippen LogP contribution in [0.15, 0.2) is 46.3 Å². The molecule has 1 aliphatic rings. The van der Waals surface area contributed by atoms with Gasteiger partial charge >= 0.3 is 5.97 Å². The van der Waals surface area contributed by atoms with Crippen LogP contribution in [0.5, 0.6) is 11.5 Å². The average Bonchev–Trinajstić information content (AvgIpc) is 2.92. The molecule has 1 heterocycles. The first-order valence-electron chi connectivity index (χ1n) is 7.96. The summed E-state index contributed by atoms with van der Waals surface area (Å²) in [5.41, 5.74) is 1.07. The Bertz CT molecular complexity index is 1030. The van der Waals surface area contributed by atoms with Crippen molar-refractivity contribution in [2.24, 2.45) is 4.99 Å². The zero-order valence-electron chi connectivity index (χ0n) is 14.8. The van der Waals surface area contributed by atoms with E-state index in [9.17, 15) is 14.7 Å². The molecule has 1 aliphatic heterocycles. The van der Waals surface area contributed by atoms with E-state index in [-0.39, 0.29) is 22.2 Å². The van der Waals surface area contributed by atoms with Crippen LogP contribution in [0.25, 0.3) is 6.08 Å². The lowest BCUT2D eigenvalue weighted by Crippen LogP contribution is -2.23. The lowest BCUT2D eigenvalue weighted by Gasteiger charge is -2.08. The number of aromatic hydroxyl groups is 1. The number of ether oxygens (including phenoxy) is 1. The highest BCUT2D eigenvalue weighted by atomic mass is 35.5. The van der Waals surface area contributed by atoms with Gasteiger partial charge in [-0.15, -0.1) is 0 Å². The van der Waals surface area contributed by atoms with E-state index in [0.29, 0.717) is 27.1 Å². The Balaban J connectivity index is 1.96. The van der Waals surface area contributed by atoms with Crippen molar-refractivity contribution in [2.45, 2.75) is 0 Å². The Hall–Kier alpha value is -2.97. The summed E-state index contributed by atoms with van der Waals surface area (Å²) in [6.07, 6.45) is 1.60. The van der Waals surface area contributed by atoms with Crippen LogP contribution in [0.2, 0.25) is 5.02 Å². The molecule has 0 bridgehead atoms. The average molecular weight is 419 g/mol. The molecule has 1 amide bonds. The van der Waals surface area contributed by atoms with E-state index in [4.69, 9.17) is 21.4 Å². The minimum atomic E-state index is -1.05. The predicted octanol–water partition coefficient (Wildman–Crippen LogP) is 3.99. The van der Waals surface area contributed by atoms with Gasteiger partial charge in [-0.2, -0.15) is 0 Å². The number of likely N-dealkylation sites (N-methyl/N-ethyl adjacent to an activating group) is 1. The fourth-order valence-electron chi connectivity index (χ4n) is 2.46. The highest BCUT2D eigenvalue weighted by Gasteiger charge is 2.30. The van der Waals surface area contributed by atoms with Crippen LogP contribution in [0.4, 0.5) is 5.69 Å². The summed E-state index contributed by atoms with van der Waals surface area (Å²) in [5, 5.41) is 19.3. The SMILES string of the molecule is COc1cc(O)c(Cl)cc1/C=C1\SC(=Nc2cccc(C(=O)O)c2)N(C)C1=O. The number of thioether (sulfide) groups is 1. The number of amidine groups is 1. The van der Waals surface area contributed by atoms with Gasteiger partial charge in [0.1, 0.15) is 11.5 Å². The molecule has 144 valence electrons. The summed E-state index contributed by atoms with van der Waals surface area (Å²) < 4.78 is 5.23. The van der Waals surface area contributed by atoms with Gasteiger partial charge in [0.25, 0.3) is 5.91 Å². The van der Waals surface area contributed by atoms with Crippen molar-refractivity contribution < 1.29 is 24.5 Å². The van der Waals surface area contributed by atoms with Gasteiger partial charge in [0.2, 0.25) is 0 Å². The first-order valence-corrected chi connectivity index (χ1v) is 9.15. The van der Waals surface area contributed by atoms with Gasteiger partial charge in [0.05, 0.1) is 28.3 Å². The third-order valence-electron chi connectivity index (χ3n) is 3.91. The Morgan fingerprint density at radius 3 is 2.75 bits per heavy atom. The molecule has 2 N–H and O–H groups in total. The number of aromatic carboxylic acids is 1. The monoisotopic (exact) mass is 418 g/mol. The van der Waals surface area contributed by atoms with Crippen LogP contribution in [-0.4, -0.2) is 46.3 Å². The summed E-state index contributed by atoms with van der Waals surface area (Å²) in [4.78, 5) is 29.8. The smallest absolute Gasteiger partial charge is 0.335 e. The highest BCUT2D eigenvalue weighted by molar-refractivity contribution is 8.18. The summed E-state index contributed by atoms with van der Waals surface area (Å²) in [5.74, 6) is -1.08. The van der Waals surface area contributed by atoms with Crippen LogP contribution < -0.4 is 4.74 Å². The number of benzene rings is 2. The second-order valence-electron chi connectivity index (χ2n) is 5.77. The Morgan fingerprint density at radius 2 is 2.07 bits per heavy atom. The Morgan fingerprint density at radius 1 is 1.32 bits per heavy atom. The summed E-state index contributed by atoms with van der Waals surface area (Å²) in [7, 11) is 3.03. The van der Waals surface area contributed by atoms with Crippen LogP contribution in [0, 0.1) is 0 Å². The number of rotatable bonds is 4. The number of carboxylic acids is 1. The van der Waals surface area contributed by atoms with Crippen molar-refractivity contribution >= 4 is 52.2 Å². The maximum absolute atomic E-state index is 12.6. The first kappa shape index (κ1) is 19.8. The first-order chi connectivity index (χ1) is 13.3. The molecule has 28 heavy (non-hydrogen) atoms. The van der Waals surface area contributed by atoms with Crippen molar-refractivity contribution in [3.63, 3.8) is 0 Å². The van der Waals surface area contributed by atoms with E-state index in [1.54, 1.807) is 25.3 Å². The Labute approximate surface area is 169 Å². The van der Waals surface area contributed by atoms with E-state index in [1.165, 1.54) is 36.3 Å². The number of carboxylic acid groups (broad SMARTS) is 1. The molecule has 2 aromatic carbocycles. The molecule has 0 radical (unpaired) electrons. The lowest BCUT2D eigenvalue weighted by molar-refractivity contribution is -0.121. The van der Waals surface area contributed by atoms with Gasteiger partial charge in [0.15, 0.2) is 5.17 Å². The van der Waals surface area contributed by atoms with E-state index < -0.39 is 5.97 Å². The molecule has 7 nitrogen and oxygen atoms in total. The fourth-order valence-corrected chi connectivity index (χ4v) is 3.61. The van der Waals surface area contributed by atoms with Gasteiger partial charge in [0, 0.05) is 18.7 Å². The molecule has 0 spiro atoms. The number of hydrogen-bond donors (Lipinski definition) is 2. The molecule has 1 fully saturated rings. The van der Waals surface area contributed by atoms with Crippen LogP contribution >= 0.6 is 23.4 Å². The number of methoxy groups -OCH3 is 1. The predicted molar refractivity (Wildman–Crippen MR) is 109 cm³/mol. The van der Waals surface area contributed by atoms with E-state index in [0.717, 1.165) is 11.8 Å². The second-order valence-corrected chi connectivity index (χ2v) is 7.19. The van der Waals surface area contributed by atoms with Gasteiger partial charge < -0.3 is 14.9 Å². The molecule has 0 unspecified atom stereocenters. The third kappa shape index (κ3) is 3.97. The number of aliphatic imine (C=N–C) groups is 1. The number of halogens is 1. The van der Waals surface area contributed by atoms with Crippen LogP contribution in [0.1, 0.15) is 15.9 Å². The highest BCUT2D eigenvalue weighted by Crippen LogP contribution is 2.37. The number of carbonyl (C=O) groups excluding carboxylic acids is 1. The lowest BCUT2D eigenvalue weighted by atomic mass is 10.1. The standard InChI is InChI=1S/C19H15ClN2O5S/c1-22-17(24)16(8-11-7-13(20)14(23)9-15(11)27-2)28-19(22)21-12-5-3-4-10(6-12)18(25)26/h3-9,23H,1-2H3,(H,25,26)/b16-8-,21-19?. The van der Waals surface area contributed by atoms with Gasteiger partial charge in [-0.25, -0.2) is 9.79 Å². The fraction of sp³-hybridized carbons (Fsp3) is 0.105. The van der Waals surface area contributed by atoms with Crippen molar-refractivity contribution in [3.8, 4) is 11.5 Å².